The van der Waals surface area contributed by atoms with E-state index >= 15 is 0 Å². The topological polar surface area (TPSA) is 101 Å². The average molecular weight is 322 g/mol. The first-order valence-electron chi connectivity index (χ1n) is 5.83. The van der Waals surface area contributed by atoms with Gasteiger partial charge in [0.2, 0.25) is 15.9 Å². The molecule has 0 saturated heterocycles. The molecule has 114 valence electrons. The lowest BCUT2D eigenvalue weighted by atomic mass is 10.0. The lowest BCUT2D eigenvalue weighted by Crippen LogP contribution is -2.39. The predicted octanol–water partition coefficient (Wildman–Crippen LogP) is 1.40. The molecule has 20 heavy (non-hydrogen) atoms. The Labute approximate surface area is 125 Å². The van der Waals surface area contributed by atoms with Crippen LogP contribution in [-0.4, -0.2) is 26.6 Å². The zero-order valence-electron chi connectivity index (χ0n) is 11.6. The van der Waals surface area contributed by atoms with E-state index in [-0.39, 0.29) is 24.2 Å². The van der Waals surface area contributed by atoms with Gasteiger partial charge in [0.15, 0.2) is 0 Å². The molecule has 1 amide bonds. The molecule has 6 nitrogen and oxygen atoms in total. The zero-order chi connectivity index (χ0) is 14.6. The Morgan fingerprint density at radius 3 is 2.30 bits per heavy atom. The molecule has 8 heteroatoms. The molecule has 0 spiro atoms. The predicted molar refractivity (Wildman–Crippen MR) is 83.6 cm³/mol. The Morgan fingerprint density at radius 2 is 1.80 bits per heavy atom. The molecule has 4 N–H and O–H groups in total. The molecule has 0 saturated carbocycles. The first-order chi connectivity index (χ1) is 8.69. The summed E-state index contributed by atoms with van der Waals surface area (Å²) in [4.78, 5) is 11.8. The van der Waals surface area contributed by atoms with Crippen molar-refractivity contribution in [1.82, 2.24) is 0 Å². The van der Waals surface area contributed by atoms with Gasteiger partial charge < -0.3 is 11.1 Å². The van der Waals surface area contributed by atoms with Crippen LogP contribution in [0, 0.1) is 5.92 Å². The number of hydrogen-bond donors (Lipinski definition) is 3. The van der Waals surface area contributed by atoms with Crippen LogP contribution < -0.4 is 15.8 Å². The van der Waals surface area contributed by atoms with E-state index in [2.05, 4.69) is 10.0 Å². The van der Waals surface area contributed by atoms with Crippen molar-refractivity contribution in [2.75, 3.05) is 16.3 Å². The third kappa shape index (κ3) is 6.23. The molecule has 0 radical (unpaired) electrons. The van der Waals surface area contributed by atoms with Crippen molar-refractivity contribution in [2.45, 2.75) is 19.9 Å². The van der Waals surface area contributed by atoms with Crippen LogP contribution in [0.25, 0.3) is 0 Å². The van der Waals surface area contributed by atoms with Crippen molar-refractivity contribution < 1.29 is 13.2 Å². The maximum absolute atomic E-state index is 11.8. The van der Waals surface area contributed by atoms with Gasteiger partial charge in [0.25, 0.3) is 0 Å². The van der Waals surface area contributed by atoms with Gasteiger partial charge in [-0.15, -0.1) is 12.4 Å². The number of carbonyl (C=O) groups excluding carboxylic acids is 1. The van der Waals surface area contributed by atoms with Crippen molar-refractivity contribution >= 4 is 39.7 Å². The van der Waals surface area contributed by atoms with Crippen LogP contribution in [0.15, 0.2) is 24.3 Å². The largest absolute Gasteiger partial charge is 0.325 e. The summed E-state index contributed by atoms with van der Waals surface area (Å²) in [7, 11) is -3.34. The standard InChI is InChI=1S/C12H19N3O3S.ClH/c1-8(2)11(13)12(16)14-9-5-4-6-10(7-9)15-19(3,17)18;/h4-8,11,15H,13H2,1-3H3,(H,14,16);1H/t11-;/m0./s1. The Balaban J connectivity index is 0.00000361. The van der Waals surface area contributed by atoms with Crippen LogP contribution in [0.3, 0.4) is 0 Å². The molecule has 0 fully saturated rings. The lowest BCUT2D eigenvalue weighted by molar-refractivity contribution is -0.118. The fourth-order valence-corrected chi connectivity index (χ4v) is 1.96. The maximum Gasteiger partial charge on any atom is 0.241 e. The molecule has 1 aromatic rings. The Morgan fingerprint density at radius 1 is 1.25 bits per heavy atom. The van der Waals surface area contributed by atoms with Gasteiger partial charge in [-0.05, 0) is 24.1 Å². The molecule has 0 bridgehead atoms. The number of sulfonamides is 1. The highest BCUT2D eigenvalue weighted by Crippen LogP contribution is 2.16. The summed E-state index contributed by atoms with van der Waals surface area (Å²) in [6.07, 6.45) is 1.06. The van der Waals surface area contributed by atoms with Gasteiger partial charge in [0.05, 0.1) is 18.0 Å². The second-order valence-electron chi connectivity index (χ2n) is 4.71. The molecule has 1 atom stereocenters. The molecule has 0 aliphatic heterocycles. The SMILES string of the molecule is CC(C)[C@H](N)C(=O)Nc1cccc(NS(C)(=O)=O)c1.Cl. The minimum atomic E-state index is -3.34. The van der Waals surface area contributed by atoms with E-state index in [4.69, 9.17) is 5.73 Å². The summed E-state index contributed by atoms with van der Waals surface area (Å²) in [5.41, 5.74) is 6.61. The normalized spacial score (nSPS) is 12.4. The van der Waals surface area contributed by atoms with Gasteiger partial charge in [0, 0.05) is 5.69 Å². The molecular formula is C12H20ClN3O3S. The van der Waals surface area contributed by atoms with E-state index in [9.17, 15) is 13.2 Å². The molecule has 1 aromatic carbocycles. The van der Waals surface area contributed by atoms with Crippen LogP contribution in [0.5, 0.6) is 0 Å². The van der Waals surface area contributed by atoms with Gasteiger partial charge in [-0.3, -0.25) is 9.52 Å². The molecular weight excluding hydrogens is 302 g/mol. The summed E-state index contributed by atoms with van der Waals surface area (Å²) in [6, 6.07) is 5.83. The smallest absolute Gasteiger partial charge is 0.241 e. The molecule has 0 aromatic heterocycles. The second kappa shape index (κ2) is 7.47. The van der Waals surface area contributed by atoms with Crippen molar-refractivity contribution in [2.24, 2.45) is 11.7 Å². The van der Waals surface area contributed by atoms with Crippen LogP contribution in [-0.2, 0) is 14.8 Å². The minimum absolute atomic E-state index is 0. The monoisotopic (exact) mass is 321 g/mol. The zero-order valence-corrected chi connectivity index (χ0v) is 13.2. The van der Waals surface area contributed by atoms with Crippen molar-refractivity contribution in [1.29, 1.82) is 0 Å². The lowest BCUT2D eigenvalue weighted by Gasteiger charge is -2.15. The average Bonchev–Trinajstić information content (AvgIpc) is 2.25. The van der Waals surface area contributed by atoms with Gasteiger partial charge in [-0.1, -0.05) is 19.9 Å². The molecule has 1 rings (SSSR count). The summed E-state index contributed by atoms with van der Waals surface area (Å²) < 4.78 is 24.6. The third-order valence-corrected chi connectivity index (χ3v) is 3.06. The Bertz CT molecular complexity index is 561. The summed E-state index contributed by atoms with van der Waals surface area (Å²) >= 11 is 0. The number of nitrogens with one attached hydrogen (secondary N) is 2. The fraction of sp³-hybridized carbons (Fsp3) is 0.417. The van der Waals surface area contributed by atoms with E-state index in [0.717, 1.165) is 6.26 Å². The van der Waals surface area contributed by atoms with E-state index in [1.54, 1.807) is 18.2 Å². The summed E-state index contributed by atoms with van der Waals surface area (Å²) in [6.45, 7) is 3.71. The number of carbonyl (C=O) groups is 1. The van der Waals surface area contributed by atoms with Gasteiger partial charge in [0.1, 0.15) is 0 Å². The quantitative estimate of drug-likeness (QED) is 0.763. The van der Waals surface area contributed by atoms with Crippen LogP contribution in [0.2, 0.25) is 0 Å². The molecule has 0 heterocycles. The number of anilines is 2. The van der Waals surface area contributed by atoms with E-state index < -0.39 is 16.1 Å². The first kappa shape index (κ1) is 18.7. The fourth-order valence-electron chi connectivity index (χ4n) is 1.40. The van der Waals surface area contributed by atoms with Crippen LogP contribution in [0.4, 0.5) is 11.4 Å². The maximum atomic E-state index is 11.8. The number of hydrogen-bond acceptors (Lipinski definition) is 4. The minimum Gasteiger partial charge on any atom is -0.325 e. The molecule has 0 unspecified atom stereocenters. The Hall–Kier alpha value is -1.31. The molecule has 0 aliphatic carbocycles. The van der Waals surface area contributed by atoms with Gasteiger partial charge in [-0.25, -0.2) is 8.42 Å². The number of rotatable bonds is 5. The highest BCUT2D eigenvalue weighted by Gasteiger charge is 2.17. The number of benzene rings is 1. The van der Waals surface area contributed by atoms with Crippen LogP contribution >= 0.6 is 12.4 Å². The number of halogens is 1. The Kier molecular flexibility index (Phi) is 6.98. The summed E-state index contributed by atoms with van der Waals surface area (Å²) in [5, 5.41) is 2.65. The highest BCUT2D eigenvalue weighted by atomic mass is 35.5. The van der Waals surface area contributed by atoms with Crippen molar-refractivity contribution in [3.8, 4) is 0 Å². The van der Waals surface area contributed by atoms with E-state index in [1.165, 1.54) is 6.07 Å². The summed E-state index contributed by atoms with van der Waals surface area (Å²) in [5.74, 6) is -0.274. The van der Waals surface area contributed by atoms with Crippen LogP contribution in [0.1, 0.15) is 13.8 Å². The van der Waals surface area contributed by atoms with E-state index in [1.807, 2.05) is 13.8 Å². The second-order valence-corrected chi connectivity index (χ2v) is 6.46. The third-order valence-electron chi connectivity index (χ3n) is 2.45. The first-order valence-corrected chi connectivity index (χ1v) is 7.72. The van der Waals surface area contributed by atoms with Crippen molar-refractivity contribution in [3.63, 3.8) is 0 Å². The van der Waals surface area contributed by atoms with Crippen molar-refractivity contribution in [3.05, 3.63) is 24.3 Å². The van der Waals surface area contributed by atoms with E-state index in [0.29, 0.717) is 11.4 Å². The highest BCUT2D eigenvalue weighted by molar-refractivity contribution is 7.92. The molecule has 0 aliphatic rings. The number of amides is 1. The van der Waals surface area contributed by atoms with Gasteiger partial charge in [-0.2, -0.15) is 0 Å². The van der Waals surface area contributed by atoms with Gasteiger partial charge >= 0.3 is 0 Å². The number of nitrogens with two attached hydrogens (primary N) is 1.